The summed E-state index contributed by atoms with van der Waals surface area (Å²) < 4.78 is 69.7. The lowest BCUT2D eigenvalue weighted by molar-refractivity contribution is -0.122. The Morgan fingerprint density at radius 1 is 1.00 bits per heavy atom. The van der Waals surface area contributed by atoms with Gasteiger partial charge in [0.15, 0.2) is 23.3 Å². The molecule has 1 fully saturated rings. The maximum atomic E-state index is 13.3. The minimum atomic E-state index is -2.29. The summed E-state index contributed by atoms with van der Waals surface area (Å²) in [5, 5.41) is 0. The van der Waals surface area contributed by atoms with Crippen LogP contribution in [0.5, 0.6) is 0 Å². The Hall–Kier alpha value is -2.45. The minimum absolute atomic E-state index is 0.0407. The molecule has 21 heavy (non-hydrogen) atoms. The summed E-state index contributed by atoms with van der Waals surface area (Å²) >= 11 is 0. The smallest absolute Gasteiger partial charge is 0.416 e. The predicted molar refractivity (Wildman–Crippen MR) is 58.3 cm³/mol. The molecule has 2 amide bonds. The molecule has 9 heteroatoms. The Balaban J connectivity index is 2.33. The van der Waals surface area contributed by atoms with Crippen molar-refractivity contribution in [1.82, 2.24) is 4.90 Å². The Bertz CT molecular complexity index is 630. The standard InChI is InChI=1S/C12H6F5NO3/c13-7-5(8(14)10(16)11(17)9(7)15)1-2-6(19)18-3-4-21-12(18)20/h1-2H,3-4H2/b2-1+. The van der Waals surface area contributed by atoms with Gasteiger partial charge in [-0.25, -0.2) is 31.6 Å². The number of rotatable bonds is 2. The lowest BCUT2D eigenvalue weighted by Crippen LogP contribution is -2.29. The molecule has 1 saturated heterocycles. The molecular weight excluding hydrogens is 301 g/mol. The molecule has 0 radical (unpaired) electrons. The van der Waals surface area contributed by atoms with Crippen molar-refractivity contribution in [3.8, 4) is 0 Å². The molecular formula is C12H6F5NO3. The molecule has 1 aliphatic rings. The zero-order valence-corrected chi connectivity index (χ0v) is 10.1. The van der Waals surface area contributed by atoms with E-state index in [1.165, 1.54) is 0 Å². The van der Waals surface area contributed by atoms with Crippen LogP contribution in [0.3, 0.4) is 0 Å². The van der Waals surface area contributed by atoms with E-state index in [2.05, 4.69) is 4.74 Å². The molecule has 0 bridgehead atoms. The van der Waals surface area contributed by atoms with Crippen molar-refractivity contribution in [2.24, 2.45) is 0 Å². The fourth-order valence-corrected chi connectivity index (χ4v) is 1.61. The largest absolute Gasteiger partial charge is 0.447 e. The summed E-state index contributed by atoms with van der Waals surface area (Å²) in [4.78, 5) is 23.2. The van der Waals surface area contributed by atoms with Gasteiger partial charge in [-0.05, 0) is 6.08 Å². The summed E-state index contributed by atoms with van der Waals surface area (Å²) in [6.45, 7) is -0.111. The molecule has 1 aliphatic heterocycles. The van der Waals surface area contributed by atoms with Crippen molar-refractivity contribution >= 4 is 18.1 Å². The first kappa shape index (κ1) is 14.9. The number of imide groups is 1. The van der Waals surface area contributed by atoms with Gasteiger partial charge in [0, 0.05) is 6.08 Å². The fraction of sp³-hybridized carbons (Fsp3) is 0.167. The molecule has 0 aromatic heterocycles. The lowest BCUT2D eigenvalue weighted by Gasteiger charge is -2.07. The van der Waals surface area contributed by atoms with Gasteiger partial charge in [0.05, 0.1) is 12.1 Å². The first-order valence-electron chi connectivity index (χ1n) is 5.52. The number of benzene rings is 1. The van der Waals surface area contributed by atoms with E-state index in [1.54, 1.807) is 0 Å². The third kappa shape index (κ3) is 2.58. The van der Waals surface area contributed by atoms with Gasteiger partial charge in [-0.1, -0.05) is 0 Å². The second kappa shape index (κ2) is 5.51. The van der Waals surface area contributed by atoms with Crippen molar-refractivity contribution in [3.63, 3.8) is 0 Å². The molecule has 0 unspecified atom stereocenters. The zero-order valence-electron chi connectivity index (χ0n) is 10.1. The van der Waals surface area contributed by atoms with Crippen LogP contribution in [0, 0.1) is 29.1 Å². The van der Waals surface area contributed by atoms with Crippen LogP contribution in [0.2, 0.25) is 0 Å². The number of ether oxygens (including phenoxy) is 1. The molecule has 0 atom stereocenters. The number of carbonyl (C=O) groups is 2. The number of cyclic esters (lactones) is 1. The average molecular weight is 307 g/mol. The van der Waals surface area contributed by atoms with Gasteiger partial charge in [0.25, 0.3) is 5.91 Å². The Labute approximate surface area is 114 Å². The van der Waals surface area contributed by atoms with E-state index in [1.807, 2.05) is 0 Å². The van der Waals surface area contributed by atoms with Crippen molar-refractivity contribution in [2.45, 2.75) is 0 Å². The Kier molecular flexibility index (Phi) is 3.92. The van der Waals surface area contributed by atoms with E-state index in [4.69, 9.17) is 0 Å². The van der Waals surface area contributed by atoms with Gasteiger partial charge in [-0.15, -0.1) is 0 Å². The van der Waals surface area contributed by atoms with Crippen LogP contribution in [0.4, 0.5) is 26.7 Å². The third-order valence-electron chi connectivity index (χ3n) is 2.66. The molecule has 1 aromatic rings. The van der Waals surface area contributed by atoms with Crippen molar-refractivity contribution in [1.29, 1.82) is 0 Å². The quantitative estimate of drug-likeness (QED) is 0.365. The first-order chi connectivity index (χ1) is 9.84. The number of amides is 2. The zero-order chi connectivity index (χ0) is 15.7. The van der Waals surface area contributed by atoms with Gasteiger partial charge in [-0.3, -0.25) is 4.79 Å². The summed E-state index contributed by atoms with van der Waals surface area (Å²) in [7, 11) is 0. The van der Waals surface area contributed by atoms with Crippen LogP contribution in [0.25, 0.3) is 6.08 Å². The van der Waals surface area contributed by atoms with Gasteiger partial charge in [0.2, 0.25) is 5.82 Å². The predicted octanol–water partition coefficient (Wildman–Crippen LogP) is 2.37. The van der Waals surface area contributed by atoms with Crippen LogP contribution in [-0.2, 0) is 9.53 Å². The van der Waals surface area contributed by atoms with E-state index in [9.17, 15) is 31.5 Å². The topological polar surface area (TPSA) is 46.6 Å². The minimum Gasteiger partial charge on any atom is -0.447 e. The van der Waals surface area contributed by atoms with Crippen molar-refractivity contribution in [2.75, 3.05) is 13.2 Å². The summed E-state index contributed by atoms with van der Waals surface area (Å²) in [5.74, 6) is -11.7. The second-order valence-electron chi connectivity index (χ2n) is 3.92. The van der Waals surface area contributed by atoms with Crippen LogP contribution in [0.15, 0.2) is 6.08 Å². The normalized spacial score (nSPS) is 14.9. The van der Waals surface area contributed by atoms with Crippen LogP contribution >= 0.6 is 0 Å². The molecule has 1 heterocycles. The first-order valence-corrected chi connectivity index (χ1v) is 5.52. The van der Waals surface area contributed by atoms with Crippen molar-refractivity contribution in [3.05, 3.63) is 40.7 Å². The lowest BCUT2D eigenvalue weighted by atomic mass is 10.1. The summed E-state index contributed by atoms with van der Waals surface area (Å²) in [6.07, 6.45) is -0.0308. The highest BCUT2D eigenvalue weighted by Gasteiger charge is 2.28. The molecule has 1 aromatic carbocycles. The molecule has 4 nitrogen and oxygen atoms in total. The Morgan fingerprint density at radius 3 is 2.00 bits per heavy atom. The molecule has 0 N–H and O–H groups in total. The molecule has 112 valence electrons. The average Bonchev–Trinajstić information content (AvgIpc) is 2.89. The third-order valence-corrected chi connectivity index (χ3v) is 2.66. The van der Waals surface area contributed by atoms with E-state index < -0.39 is 46.6 Å². The van der Waals surface area contributed by atoms with Crippen molar-refractivity contribution < 1.29 is 36.3 Å². The van der Waals surface area contributed by atoms with E-state index in [-0.39, 0.29) is 13.2 Å². The maximum absolute atomic E-state index is 13.3. The molecule has 0 aliphatic carbocycles. The van der Waals surface area contributed by atoms with Gasteiger partial charge in [0.1, 0.15) is 6.61 Å². The molecule has 0 saturated carbocycles. The monoisotopic (exact) mass is 307 g/mol. The van der Waals surface area contributed by atoms with Crippen LogP contribution in [0.1, 0.15) is 5.56 Å². The summed E-state index contributed by atoms with van der Waals surface area (Å²) in [5.41, 5.74) is -1.27. The highest BCUT2D eigenvalue weighted by atomic mass is 19.2. The highest BCUT2D eigenvalue weighted by molar-refractivity contribution is 6.01. The van der Waals surface area contributed by atoms with Crippen LogP contribution in [-0.4, -0.2) is 30.1 Å². The van der Waals surface area contributed by atoms with E-state index >= 15 is 0 Å². The number of nitrogens with zero attached hydrogens (tertiary/aromatic N) is 1. The van der Waals surface area contributed by atoms with Crippen LogP contribution < -0.4 is 0 Å². The number of hydrogen-bond acceptors (Lipinski definition) is 3. The SMILES string of the molecule is O=C(/C=C/c1c(F)c(F)c(F)c(F)c1F)N1CCOC1=O. The van der Waals surface area contributed by atoms with E-state index in [0.29, 0.717) is 17.1 Å². The maximum Gasteiger partial charge on any atom is 0.416 e. The van der Waals surface area contributed by atoms with Gasteiger partial charge < -0.3 is 4.74 Å². The number of halogens is 5. The van der Waals surface area contributed by atoms with Gasteiger partial charge >= 0.3 is 6.09 Å². The number of carbonyl (C=O) groups excluding carboxylic acids is 2. The molecule has 0 spiro atoms. The summed E-state index contributed by atoms with van der Waals surface area (Å²) in [6, 6.07) is 0. The fourth-order valence-electron chi connectivity index (χ4n) is 1.61. The Morgan fingerprint density at radius 2 is 1.52 bits per heavy atom. The second-order valence-corrected chi connectivity index (χ2v) is 3.92. The highest BCUT2D eigenvalue weighted by Crippen LogP contribution is 2.24. The van der Waals surface area contributed by atoms with E-state index in [0.717, 1.165) is 0 Å². The van der Waals surface area contributed by atoms with Gasteiger partial charge in [-0.2, -0.15) is 0 Å². The molecule has 2 rings (SSSR count). The number of hydrogen-bond donors (Lipinski definition) is 0.